The minimum absolute atomic E-state index is 0.0661. The van der Waals surface area contributed by atoms with E-state index in [9.17, 15) is 14.4 Å². The van der Waals surface area contributed by atoms with Gasteiger partial charge in [0, 0.05) is 73.0 Å². The van der Waals surface area contributed by atoms with Gasteiger partial charge in [0.1, 0.15) is 12.4 Å². The van der Waals surface area contributed by atoms with Gasteiger partial charge in [-0.1, -0.05) is 19.9 Å². The monoisotopic (exact) mass is 763 g/mol. The number of ether oxygens (including phenoxy) is 3. The number of nitrogens with one attached hydrogen (secondary N) is 4. The first-order valence-corrected chi connectivity index (χ1v) is 20.7. The van der Waals surface area contributed by atoms with E-state index in [0.717, 1.165) is 56.4 Å². The van der Waals surface area contributed by atoms with E-state index < -0.39 is 0 Å². The summed E-state index contributed by atoms with van der Waals surface area (Å²) in [4.78, 5) is 41.6. The maximum atomic E-state index is 13.0. The van der Waals surface area contributed by atoms with E-state index in [1.54, 1.807) is 20.3 Å². The summed E-state index contributed by atoms with van der Waals surface area (Å²) >= 11 is 0. The Hall–Kier alpha value is -3.39. The molecule has 3 saturated carbocycles. The minimum Gasteiger partial charge on any atom is -0.493 e. The molecule has 13 heteroatoms. The van der Waals surface area contributed by atoms with Crippen LogP contribution < -0.4 is 36.5 Å². The summed E-state index contributed by atoms with van der Waals surface area (Å²) < 4.78 is 16.3. The SMILES string of the molecule is CC(C)(C)NC(=O)[C@H]1CC[C@H]2[C@@H]3CC[C@H]4NC(=O)C=C[C@]4(C)[C@H]3CC[C@]12C.COc1cc2c(cc1OC)C(N)NC(N1CCN(C(=O)C3CCCO3)CC1)N2. The number of piperazine rings is 1. The third-order valence-corrected chi connectivity index (χ3v) is 14.2. The number of carbonyl (C=O) groups excluding carboxylic acids is 3. The standard InChI is InChI=1S/C23H36N2O2.C19H29N5O4/c1-21(2,3)25-20(27)17-8-7-15-14-6-9-18-23(5,13-11-19(26)24-18)16(14)10-12-22(15,17)4;1-26-15-10-12-13(11-16(15)27-2)21-19(22-17(12)20)24-7-5-23(6-8-24)18(25)14-4-3-9-28-14/h11,13-18H,6-10,12H2,1-5H3,(H,24,26)(H,25,27);10-11,14,17,19,21-22H,3-9,20H2,1-2H3/t14-,15-,16-,17+,18+,22-,23+;/m0./s1. The highest BCUT2D eigenvalue weighted by Gasteiger charge is 2.61. The van der Waals surface area contributed by atoms with Gasteiger partial charge in [0.05, 0.1) is 20.4 Å². The Bertz CT molecular complexity index is 1630. The van der Waals surface area contributed by atoms with Crippen LogP contribution in [-0.2, 0) is 19.1 Å². The predicted octanol–water partition coefficient (Wildman–Crippen LogP) is 4.10. The van der Waals surface area contributed by atoms with Crippen LogP contribution in [0.2, 0.25) is 0 Å². The van der Waals surface area contributed by atoms with E-state index in [4.69, 9.17) is 19.9 Å². The number of fused-ring (bicyclic) bond motifs is 6. The lowest BCUT2D eigenvalue weighted by Crippen LogP contribution is -2.61. The zero-order chi connectivity index (χ0) is 39.3. The van der Waals surface area contributed by atoms with Gasteiger partial charge in [0.25, 0.3) is 5.91 Å². The van der Waals surface area contributed by atoms with Crippen LogP contribution in [0.4, 0.5) is 5.69 Å². The number of nitrogens with two attached hydrogens (primary N) is 1. The number of anilines is 1. The Labute approximate surface area is 327 Å². The number of hydrogen-bond acceptors (Lipinski definition) is 10. The van der Waals surface area contributed by atoms with Crippen LogP contribution in [0.15, 0.2) is 24.3 Å². The molecule has 7 aliphatic rings. The molecule has 6 N–H and O–H groups in total. The van der Waals surface area contributed by atoms with Crippen molar-refractivity contribution in [1.29, 1.82) is 0 Å². The van der Waals surface area contributed by atoms with Crippen LogP contribution in [0.1, 0.15) is 97.7 Å². The summed E-state index contributed by atoms with van der Waals surface area (Å²) in [5.74, 6) is 3.85. The fourth-order valence-corrected chi connectivity index (χ4v) is 11.3. The van der Waals surface area contributed by atoms with Crippen molar-refractivity contribution in [3.8, 4) is 11.5 Å². The van der Waals surface area contributed by atoms with E-state index in [-0.39, 0.29) is 64.6 Å². The largest absolute Gasteiger partial charge is 0.493 e. The van der Waals surface area contributed by atoms with E-state index in [1.807, 2.05) is 17.0 Å². The second-order valence-corrected chi connectivity index (χ2v) is 18.5. The van der Waals surface area contributed by atoms with Gasteiger partial charge in [0.15, 0.2) is 11.5 Å². The van der Waals surface area contributed by atoms with Crippen molar-refractivity contribution in [2.45, 2.75) is 116 Å². The second-order valence-electron chi connectivity index (χ2n) is 18.5. The van der Waals surface area contributed by atoms with Gasteiger partial charge >= 0.3 is 0 Å². The van der Waals surface area contributed by atoms with Crippen molar-refractivity contribution in [2.75, 3.05) is 52.3 Å². The molecular weight excluding hydrogens is 699 g/mol. The number of rotatable bonds is 5. The normalized spacial score (nSPS) is 36.8. The molecule has 8 rings (SSSR count). The molecule has 1 aromatic carbocycles. The smallest absolute Gasteiger partial charge is 0.251 e. The maximum absolute atomic E-state index is 13.0. The number of amides is 3. The number of carbonyl (C=O) groups is 3. The minimum atomic E-state index is -0.326. The molecule has 13 nitrogen and oxygen atoms in total. The molecule has 0 aromatic heterocycles. The number of nitrogens with zero attached hydrogens (tertiary/aromatic N) is 2. The summed E-state index contributed by atoms with van der Waals surface area (Å²) in [6, 6.07) is 4.09. The third kappa shape index (κ3) is 7.70. The molecule has 55 heavy (non-hydrogen) atoms. The van der Waals surface area contributed by atoms with Crippen molar-refractivity contribution in [2.24, 2.45) is 40.2 Å². The molecule has 10 atom stereocenters. The Morgan fingerprint density at radius 1 is 0.945 bits per heavy atom. The fourth-order valence-electron chi connectivity index (χ4n) is 11.3. The summed E-state index contributed by atoms with van der Waals surface area (Å²) in [6.45, 7) is 14.5. The lowest BCUT2D eigenvalue weighted by molar-refractivity contribution is -0.143. The topological polar surface area (TPSA) is 160 Å². The van der Waals surface area contributed by atoms with Crippen molar-refractivity contribution < 1.29 is 28.6 Å². The molecule has 4 heterocycles. The second kappa shape index (κ2) is 15.5. The average Bonchev–Trinajstić information content (AvgIpc) is 3.82. The van der Waals surface area contributed by atoms with Crippen molar-refractivity contribution in [1.82, 2.24) is 25.8 Å². The van der Waals surface area contributed by atoms with E-state index in [0.29, 0.717) is 48.9 Å². The zero-order valence-electron chi connectivity index (χ0n) is 34.0. The first-order valence-electron chi connectivity index (χ1n) is 20.7. The average molecular weight is 764 g/mol. The van der Waals surface area contributed by atoms with Gasteiger partial charge in [-0.3, -0.25) is 24.6 Å². The summed E-state index contributed by atoms with van der Waals surface area (Å²) in [5, 5.41) is 13.4. The van der Waals surface area contributed by atoms with Gasteiger partial charge in [0.2, 0.25) is 11.8 Å². The van der Waals surface area contributed by atoms with Gasteiger partial charge in [-0.2, -0.15) is 0 Å². The molecule has 3 unspecified atom stereocenters. The molecule has 3 amide bonds. The molecule has 0 bridgehead atoms. The van der Waals surface area contributed by atoms with Crippen LogP contribution in [0.25, 0.3) is 0 Å². The van der Waals surface area contributed by atoms with E-state index >= 15 is 0 Å². The lowest BCUT2D eigenvalue weighted by atomic mass is 9.48. The Morgan fingerprint density at radius 2 is 1.67 bits per heavy atom. The highest BCUT2D eigenvalue weighted by molar-refractivity contribution is 5.89. The fraction of sp³-hybridized carbons (Fsp3) is 0.738. The first-order chi connectivity index (χ1) is 26.1. The zero-order valence-corrected chi connectivity index (χ0v) is 34.0. The molecule has 0 spiro atoms. The number of benzene rings is 1. The van der Waals surface area contributed by atoms with Crippen LogP contribution >= 0.6 is 0 Å². The molecule has 3 aliphatic carbocycles. The highest BCUT2D eigenvalue weighted by atomic mass is 16.5. The van der Waals surface area contributed by atoms with Gasteiger partial charge < -0.3 is 40.8 Å². The Balaban J connectivity index is 0.000000169. The van der Waals surface area contributed by atoms with Crippen molar-refractivity contribution in [3.63, 3.8) is 0 Å². The highest BCUT2D eigenvalue weighted by Crippen LogP contribution is 2.65. The number of methoxy groups -OCH3 is 2. The molecule has 0 radical (unpaired) electrons. The van der Waals surface area contributed by atoms with E-state index in [2.05, 4.69) is 66.9 Å². The molecule has 5 fully saturated rings. The molecule has 304 valence electrons. The molecule has 1 aromatic rings. The quantitative estimate of drug-likeness (QED) is 0.296. The summed E-state index contributed by atoms with van der Waals surface area (Å²) in [7, 11) is 3.23. The van der Waals surface area contributed by atoms with Gasteiger partial charge in [-0.05, 0) is 107 Å². The Kier molecular flexibility index (Phi) is 11.2. The molecule has 2 saturated heterocycles. The molecule has 4 aliphatic heterocycles. The van der Waals surface area contributed by atoms with Crippen molar-refractivity contribution in [3.05, 3.63) is 29.8 Å². The maximum Gasteiger partial charge on any atom is 0.251 e. The number of hydrogen-bond donors (Lipinski definition) is 5. The van der Waals surface area contributed by atoms with Crippen LogP contribution in [0.5, 0.6) is 11.5 Å². The van der Waals surface area contributed by atoms with Gasteiger partial charge in [-0.15, -0.1) is 0 Å². The van der Waals surface area contributed by atoms with Gasteiger partial charge in [-0.25, -0.2) is 0 Å². The third-order valence-electron chi connectivity index (χ3n) is 14.2. The van der Waals surface area contributed by atoms with Crippen LogP contribution in [-0.4, -0.2) is 98.5 Å². The Morgan fingerprint density at radius 3 is 2.35 bits per heavy atom. The molecular formula is C42H65N7O6. The van der Waals surface area contributed by atoms with E-state index in [1.165, 1.54) is 19.3 Å². The van der Waals surface area contributed by atoms with Crippen molar-refractivity contribution >= 4 is 23.4 Å². The van der Waals surface area contributed by atoms with Crippen LogP contribution in [0, 0.1) is 34.5 Å². The summed E-state index contributed by atoms with van der Waals surface area (Å²) in [6.07, 6.45) is 11.8. The van der Waals surface area contributed by atoms with Crippen LogP contribution in [0.3, 0.4) is 0 Å². The lowest BCUT2D eigenvalue weighted by Gasteiger charge is -2.58. The summed E-state index contributed by atoms with van der Waals surface area (Å²) in [5.41, 5.74) is 8.25. The predicted molar refractivity (Wildman–Crippen MR) is 211 cm³/mol. The first kappa shape index (κ1) is 39.8.